The van der Waals surface area contributed by atoms with Crippen molar-refractivity contribution in [3.8, 4) is 0 Å². The van der Waals surface area contributed by atoms with Crippen LogP contribution in [0.3, 0.4) is 0 Å². The van der Waals surface area contributed by atoms with E-state index in [-0.39, 0.29) is 6.42 Å². The summed E-state index contributed by atoms with van der Waals surface area (Å²) < 4.78 is 9.55. The summed E-state index contributed by atoms with van der Waals surface area (Å²) in [6.45, 7) is 1.41. The number of hydrogen-bond acceptors (Lipinski definition) is 6. The molecule has 0 saturated heterocycles. The summed E-state index contributed by atoms with van der Waals surface area (Å²) >= 11 is 0. The number of hydrogen-bond donors (Lipinski definition) is 1. The van der Waals surface area contributed by atoms with Crippen LogP contribution in [0.15, 0.2) is 36.4 Å². The number of esters is 2. The van der Waals surface area contributed by atoms with Crippen LogP contribution in [0, 0.1) is 17.8 Å². The Morgan fingerprint density at radius 1 is 1.16 bits per heavy atom. The normalized spacial score (nSPS) is 29.4. The van der Waals surface area contributed by atoms with Gasteiger partial charge in [-0.15, -0.1) is 0 Å². The fourth-order valence-electron chi connectivity index (χ4n) is 3.36. The molecule has 0 amide bonds. The molecule has 1 fully saturated rings. The van der Waals surface area contributed by atoms with E-state index in [0.717, 1.165) is 5.56 Å². The van der Waals surface area contributed by atoms with Crippen molar-refractivity contribution in [1.82, 2.24) is 0 Å². The summed E-state index contributed by atoms with van der Waals surface area (Å²) in [6, 6.07) is 9.24. The lowest BCUT2D eigenvalue weighted by molar-refractivity contribution is -0.172. The van der Waals surface area contributed by atoms with Gasteiger partial charge in [-0.2, -0.15) is 0 Å². The minimum Gasteiger partial charge on any atom is -0.469 e. The number of allylic oxidation sites excluding steroid dienone is 1. The Labute approximate surface area is 146 Å². The van der Waals surface area contributed by atoms with Gasteiger partial charge < -0.3 is 14.6 Å². The Kier molecular flexibility index (Phi) is 5.74. The molecule has 6 heteroatoms. The monoisotopic (exact) mass is 346 g/mol. The van der Waals surface area contributed by atoms with E-state index in [1.165, 1.54) is 21.1 Å². The Morgan fingerprint density at radius 2 is 1.76 bits per heavy atom. The Morgan fingerprint density at radius 3 is 2.32 bits per heavy atom. The number of Topliss-reactive ketones (excluding diaryl/α,β-unsaturated/α-hetero) is 1. The summed E-state index contributed by atoms with van der Waals surface area (Å²) in [5, 5.41) is 10.6. The van der Waals surface area contributed by atoms with Crippen molar-refractivity contribution in [2.45, 2.75) is 18.9 Å². The third-order valence-electron chi connectivity index (χ3n) is 4.54. The number of ketones is 1. The Balaban J connectivity index is 2.49. The second kappa shape index (κ2) is 7.61. The van der Waals surface area contributed by atoms with Crippen LogP contribution in [-0.2, 0) is 23.9 Å². The quantitative estimate of drug-likeness (QED) is 0.658. The van der Waals surface area contributed by atoms with Crippen LogP contribution < -0.4 is 0 Å². The average Bonchev–Trinajstić information content (AvgIpc) is 2.58. The standard InChI is InChI=1S/C19H22O6/c1-19(23)11-14(20)15(17(21)24-2)13(16(19)18(22)25-3)10-9-12-7-5-4-6-8-12/h4-10,13,15-16,23H,11H2,1-3H3/b10-9+/t13-,15-,16-,19+/m1/s1. The smallest absolute Gasteiger partial charge is 0.316 e. The first-order valence-electron chi connectivity index (χ1n) is 7.96. The van der Waals surface area contributed by atoms with Crippen molar-refractivity contribution in [2.75, 3.05) is 14.2 Å². The highest BCUT2D eigenvalue weighted by Crippen LogP contribution is 2.42. The Bertz CT molecular complexity index is 676. The Hall–Kier alpha value is -2.47. The van der Waals surface area contributed by atoms with Gasteiger partial charge in [0.25, 0.3) is 0 Å². The zero-order valence-electron chi connectivity index (χ0n) is 14.5. The first kappa shape index (κ1) is 18.9. The van der Waals surface area contributed by atoms with E-state index in [1.807, 2.05) is 30.3 Å². The molecule has 0 aliphatic heterocycles. The largest absolute Gasteiger partial charge is 0.469 e. The molecule has 134 valence electrons. The minimum atomic E-state index is -1.61. The molecule has 1 aliphatic rings. The summed E-state index contributed by atoms with van der Waals surface area (Å²) in [5.41, 5.74) is -0.771. The van der Waals surface area contributed by atoms with E-state index in [9.17, 15) is 19.5 Å². The SMILES string of the molecule is COC(=O)[C@H]1C(=O)C[C@](C)(O)[C@@H](C(=O)OC)[C@@H]1/C=C/c1ccccc1. The van der Waals surface area contributed by atoms with Gasteiger partial charge in [0.1, 0.15) is 5.92 Å². The van der Waals surface area contributed by atoms with Crippen LogP contribution in [-0.4, -0.2) is 42.6 Å². The number of ether oxygens (including phenoxy) is 2. The second-order valence-electron chi connectivity index (χ2n) is 6.35. The lowest BCUT2D eigenvalue weighted by Crippen LogP contribution is -2.55. The average molecular weight is 346 g/mol. The van der Waals surface area contributed by atoms with Crippen LogP contribution in [0.4, 0.5) is 0 Å². The summed E-state index contributed by atoms with van der Waals surface area (Å²) in [7, 11) is 2.40. The number of methoxy groups -OCH3 is 2. The maximum Gasteiger partial charge on any atom is 0.316 e. The third kappa shape index (κ3) is 3.96. The third-order valence-corrected chi connectivity index (χ3v) is 4.54. The molecule has 0 spiro atoms. The molecule has 0 radical (unpaired) electrons. The van der Waals surface area contributed by atoms with Crippen molar-refractivity contribution in [2.24, 2.45) is 17.8 Å². The van der Waals surface area contributed by atoms with Gasteiger partial charge in [0.2, 0.25) is 0 Å². The van der Waals surface area contributed by atoms with E-state index in [0.29, 0.717) is 0 Å². The highest BCUT2D eigenvalue weighted by Gasteiger charge is 2.55. The molecular weight excluding hydrogens is 324 g/mol. The van der Waals surface area contributed by atoms with Crippen molar-refractivity contribution in [3.05, 3.63) is 42.0 Å². The predicted molar refractivity (Wildman–Crippen MR) is 90.2 cm³/mol. The van der Waals surface area contributed by atoms with Gasteiger partial charge in [-0.1, -0.05) is 42.5 Å². The molecule has 0 aromatic heterocycles. The molecule has 0 bridgehead atoms. The zero-order chi connectivity index (χ0) is 18.6. The van der Waals surface area contributed by atoms with Gasteiger partial charge >= 0.3 is 11.9 Å². The molecule has 4 atom stereocenters. The molecular formula is C19H22O6. The zero-order valence-corrected chi connectivity index (χ0v) is 14.5. The predicted octanol–water partition coefficient (Wildman–Crippen LogP) is 1.62. The van der Waals surface area contributed by atoms with Gasteiger partial charge in [-0.25, -0.2) is 0 Å². The van der Waals surface area contributed by atoms with Gasteiger partial charge in [0.15, 0.2) is 5.78 Å². The van der Waals surface area contributed by atoms with Crippen LogP contribution in [0.1, 0.15) is 18.9 Å². The number of aliphatic hydroxyl groups is 1. The minimum absolute atomic E-state index is 0.317. The van der Waals surface area contributed by atoms with E-state index in [1.54, 1.807) is 12.2 Å². The molecule has 1 saturated carbocycles. The molecule has 1 N–H and O–H groups in total. The highest BCUT2D eigenvalue weighted by molar-refractivity contribution is 6.02. The molecule has 1 aliphatic carbocycles. The fourth-order valence-corrected chi connectivity index (χ4v) is 3.36. The van der Waals surface area contributed by atoms with E-state index in [2.05, 4.69) is 0 Å². The molecule has 1 aromatic carbocycles. The molecule has 1 aromatic rings. The molecule has 2 rings (SSSR count). The number of benzene rings is 1. The van der Waals surface area contributed by atoms with Crippen LogP contribution in [0.25, 0.3) is 6.08 Å². The number of carbonyl (C=O) groups excluding carboxylic acids is 3. The lowest BCUT2D eigenvalue weighted by Gasteiger charge is -2.42. The lowest BCUT2D eigenvalue weighted by atomic mass is 9.63. The molecule has 0 heterocycles. The first-order chi connectivity index (χ1) is 11.8. The molecule has 6 nitrogen and oxygen atoms in total. The van der Waals surface area contributed by atoms with Crippen LogP contribution in [0.2, 0.25) is 0 Å². The van der Waals surface area contributed by atoms with Gasteiger partial charge in [0.05, 0.1) is 25.7 Å². The summed E-state index contributed by atoms with van der Waals surface area (Å²) in [4.78, 5) is 36.9. The van der Waals surface area contributed by atoms with Crippen LogP contribution in [0.5, 0.6) is 0 Å². The van der Waals surface area contributed by atoms with Gasteiger partial charge in [0, 0.05) is 12.3 Å². The number of carbonyl (C=O) groups is 3. The summed E-state index contributed by atoms with van der Waals surface area (Å²) in [6.07, 6.45) is 3.00. The van der Waals surface area contributed by atoms with Crippen LogP contribution >= 0.6 is 0 Å². The van der Waals surface area contributed by atoms with E-state index in [4.69, 9.17) is 9.47 Å². The maximum absolute atomic E-state index is 12.4. The maximum atomic E-state index is 12.4. The fraction of sp³-hybridized carbons (Fsp3) is 0.421. The highest BCUT2D eigenvalue weighted by atomic mass is 16.5. The first-order valence-corrected chi connectivity index (χ1v) is 7.96. The van der Waals surface area contributed by atoms with Gasteiger partial charge in [-0.05, 0) is 12.5 Å². The molecule has 25 heavy (non-hydrogen) atoms. The molecule has 0 unspecified atom stereocenters. The van der Waals surface area contributed by atoms with Crippen molar-refractivity contribution < 1.29 is 29.0 Å². The van der Waals surface area contributed by atoms with E-state index < -0.39 is 41.1 Å². The second-order valence-corrected chi connectivity index (χ2v) is 6.35. The number of rotatable bonds is 4. The van der Waals surface area contributed by atoms with Crippen molar-refractivity contribution in [3.63, 3.8) is 0 Å². The van der Waals surface area contributed by atoms with Gasteiger partial charge in [-0.3, -0.25) is 14.4 Å². The summed E-state index contributed by atoms with van der Waals surface area (Å²) in [5.74, 6) is -4.93. The van der Waals surface area contributed by atoms with E-state index >= 15 is 0 Å². The van der Waals surface area contributed by atoms with Crippen molar-refractivity contribution >= 4 is 23.8 Å². The van der Waals surface area contributed by atoms with Crippen molar-refractivity contribution in [1.29, 1.82) is 0 Å². The topological polar surface area (TPSA) is 89.9 Å².